The number of hydrogen-bond donors (Lipinski definition) is 0. The number of thiazole rings is 1. The molecule has 1 fully saturated rings. The maximum atomic E-state index is 12.7. The molecule has 34 heavy (non-hydrogen) atoms. The number of carbonyl (C=O) groups is 1. The van der Waals surface area contributed by atoms with Gasteiger partial charge in [-0.2, -0.15) is 0 Å². The van der Waals surface area contributed by atoms with Crippen LogP contribution in [0.1, 0.15) is 5.69 Å². The molecule has 0 unspecified atom stereocenters. The molecule has 0 atom stereocenters. The predicted molar refractivity (Wildman–Crippen MR) is 134 cm³/mol. The molecule has 1 aliphatic heterocycles. The van der Waals surface area contributed by atoms with Crippen LogP contribution < -0.4 is 10.3 Å². The fraction of sp³-hybridized carbons (Fsp3) is 0.240. The number of carbonyl (C=O) groups excluding carboxylic acids is 1. The summed E-state index contributed by atoms with van der Waals surface area (Å²) in [5.41, 5.74) is 2.75. The van der Waals surface area contributed by atoms with Gasteiger partial charge in [-0.05, 0) is 23.3 Å². The first kappa shape index (κ1) is 22.6. The minimum absolute atomic E-state index is 0.0578. The first-order valence-corrected chi connectivity index (χ1v) is 12.3. The average molecular weight is 495 g/mol. The largest absolute Gasteiger partial charge is 0.482 e. The number of benzene rings is 2. The molecule has 1 saturated heterocycles. The van der Waals surface area contributed by atoms with Gasteiger partial charge >= 0.3 is 0 Å². The minimum atomic E-state index is -0.0702. The number of halogens is 1. The zero-order chi connectivity index (χ0) is 23.5. The van der Waals surface area contributed by atoms with E-state index in [1.807, 2.05) is 47.8 Å². The van der Waals surface area contributed by atoms with Crippen LogP contribution in [0.25, 0.3) is 16.1 Å². The summed E-state index contributed by atoms with van der Waals surface area (Å²) in [5.74, 6) is 0.425. The van der Waals surface area contributed by atoms with Gasteiger partial charge in [0, 0.05) is 50.4 Å². The van der Waals surface area contributed by atoms with E-state index in [1.165, 1.54) is 11.3 Å². The summed E-state index contributed by atoms with van der Waals surface area (Å²) >= 11 is 7.84. The van der Waals surface area contributed by atoms with Crippen LogP contribution in [0.2, 0.25) is 5.02 Å². The van der Waals surface area contributed by atoms with Crippen molar-refractivity contribution in [1.82, 2.24) is 19.2 Å². The van der Waals surface area contributed by atoms with Crippen LogP contribution in [0.15, 0.2) is 71.0 Å². The van der Waals surface area contributed by atoms with Gasteiger partial charge in [0.1, 0.15) is 5.75 Å². The highest BCUT2D eigenvalue weighted by Crippen LogP contribution is 2.30. The smallest absolute Gasteiger partial charge is 0.260 e. The maximum Gasteiger partial charge on any atom is 0.260 e. The zero-order valence-electron chi connectivity index (χ0n) is 18.4. The second-order valence-electron chi connectivity index (χ2n) is 8.10. The van der Waals surface area contributed by atoms with Gasteiger partial charge in [-0.3, -0.25) is 18.9 Å². The number of rotatable bonds is 6. The van der Waals surface area contributed by atoms with Crippen molar-refractivity contribution >= 4 is 33.8 Å². The predicted octanol–water partition coefficient (Wildman–Crippen LogP) is 3.80. The third kappa shape index (κ3) is 4.99. The quantitative estimate of drug-likeness (QED) is 0.408. The van der Waals surface area contributed by atoms with Crippen LogP contribution in [-0.2, 0) is 11.3 Å². The molecule has 174 valence electrons. The van der Waals surface area contributed by atoms with Crippen molar-refractivity contribution in [1.29, 1.82) is 0 Å². The molecule has 9 heteroatoms. The molecule has 0 saturated carbocycles. The highest BCUT2D eigenvalue weighted by molar-refractivity contribution is 7.15. The number of amides is 1. The summed E-state index contributed by atoms with van der Waals surface area (Å²) < 4.78 is 7.28. The van der Waals surface area contributed by atoms with Gasteiger partial charge in [0.2, 0.25) is 0 Å². The third-order valence-corrected chi connectivity index (χ3v) is 6.91. The van der Waals surface area contributed by atoms with E-state index in [-0.39, 0.29) is 18.1 Å². The van der Waals surface area contributed by atoms with Crippen LogP contribution in [0.4, 0.5) is 0 Å². The van der Waals surface area contributed by atoms with Crippen LogP contribution >= 0.6 is 22.9 Å². The van der Waals surface area contributed by atoms with E-state index >= 15 is 0 Å². The molecular formula is C25H23ClN4O3S. The second kappa shape index (κ2) is 9.97. The maximum absolute atomic E-state index is 12.7. The van der Waals surface area contributed by atoms with Crippen molar-refractivity contribution < 1.29 is 9.53 Å². The molecular weight excluding hydrogens is 472 g/mol. The second-order valence-corrected chi connectivity index (χ2v) is 9.38. The molecule has 4 aromatic rings. The summed E-state index contributed by atoms with van der Waals surface area (Å²) in [4.78, 5) is 34.1. The topological polar surface area (TPSA) is 67.2 Å². The van der Waals surface area contributed by atoms with Crippen LogP contribution in [-0.4, -0.2) is 57.9 Å². The van der Waals surface area contributed by atoms with Gasteiger partial charge in [-0.15, -0.1) is 11.3 Å². The Morgan fingerprint density at radius 2 is 1.82 bits per heavy atom. The molecule has 0 N–H and O–H groups in total. The van der Waals surface area contributed by atoms with Crippen molar-refractivity contribution in [3.8, 4) is 16.9 Å². The Morgan fingerprint density at radius 1 is 1.03 bits per heavy atom. The zero-order valence-corrected chi connectivity index (χ0v) is 20.0. The van der Waals surface area contributed by atoms with E-state index in [0.717, 1.165) is 16.8 Å². The van der Waals surface area contributed by atoms with Gasteiger partial charge in [0.15, 0.2) is 11.6 Å². The monoisotopic (exact) mass is 494 g/mol. The van der Waals surface area contributed by atoms with Crippen molar-refractivity contribution in [3.05, 3.63) is 87.2 Å². The molecule has 0 bridgehead atoms. The number of nitrogens with zero attached hydrogens (tertiary/aromatic N) is 4. The highest BCUT2D eigenvalue weighted by atomic mass is 35.5. The lowest BCUT2D eigenvalue weighted by atomic mass is 10.1. The van der Waals surface area contributed by atoms with Crippen molar-refractivity contribution in [3.63, 3.8) is 0 Å². The molecule has 5 rings (SSSR count). The molecule has 0 aliphatic carbocycles. The Kier molecular flexibility index (Phi) is 6.62. The van der Waals surface area contributed by atoms with Crippen LogP contribution in [0.3, 0.4) is 0 Å². The Bertz CT molecular complexity index is 1360. The fourth-order valence-corrected chi connectivity index (χ4v) is 4.99. The molecule has 3 heterocycles. The average Bonchev–Trinajstić information content (AvgIpc) is 3.33. The summed E-state index contributed by atoms with van der Waals surface area (Å²) in [7, 11) is 0. The third-order valence-electron chi connectivity index (χ3n) is 5.86. The molecule has 1 aliphatic rings. The fourth-order valence-electron chi connectivity index (χ4n) is 4.01. The Balaban J connectivity index is 1.13. The SMILES string of the molecule is O=C(COc1ccc(-c2ccccc2)cc1Cl)N1CCN(Cc2cc(=O)n3ccsc3n2)CC1. The number of fused-ring (bicyclic) bond motifs is 1. The first-order valence-electron chi connectivity index (χ1n) is 11.0. The van der Waals surface area contributed by atoms with Gasteiger partial charge < -0.3 is 9.64 Å². The van der Waals surface area contributed by atoms with E-state index in [9.17, 15) is 9.59 Å². The molecule has 2 aromatic carbocycles. The van der Waals surface area contributed by atoms with E-state index < -0.39 is 0 Å². The molecule has 0 radical (unpaired) electrons. The lowest BCUT2D eigenvalue weighted by Gasteiger charge is -2.34. The Morgan fingerprint density at radius 3 is 2.59 bits per heavy atom. The van der Waals surface area contributed by atoms with E-state index in [0.29, 0.717) is 48.5 Å². The van der Waals surface area contributed by atoms with Crippen LogP contribution in [0, 0.1) is 0 Å². The van der Waals surface area contributed by atoms with Gasteiger partial charge in [-0.25, -0.2) is 4.98 Å². The molecule has 0 spiro atoms. The lowest BCUT2D eigenvalue weighted by Crippen LogP contribution is -2.49. The molecule has 2 aromatic heterocycles. The van der Waals surface area contributed by atoms with Gasteiger partial charge in [0.25, 0.3) is 11.5 Å². The number of hydrogen-bond acceptors (Lipinski definition) is 6. The van der Waals surface area contributed by atoms with Crippen molar-refractivity contribution in [2.45, 2.75) is 6.54 Å². The van der Waals surface area contributed by atoms with E-state index in [1.54, 1.807) is 27.6 Å². The lowest BCUT2D eigenvalue weighted by molar-refractivity contribution is -0.135. The number of ether oxygens (including phenoxy) is 1. The Hall–Kier alpha value is -3.20. The van der Waals surface area contributed by atoms with E-state index in [4.69, 9.17) is 16.3 Å². The van der Waals surface area contributed by atoms with E-state index in [2.05, 4.69) is 9.88 Å². The van der Waals surface area contributed by atoms with Crippen LogP contribution in [0.5, 0.6) is 5.75 Å². The van der Waals surface area contributed by atoms with Crippen molar-refractivity contribution in [2.24, 2.45) is 0 Å². The van der Waals surface area contributed by atoms with Gasteiger partial charge in [0.05, 0.1) is 10.7 Å². The molecule has 7 nitrogen and oxygen atoms in total. The summed E-state index contributed by atoms with van der Waals surface area (Å²) in [5, 5.41) is 2.33. The first-order chi connectivity index (χ1) is 16.6. The number of piperazine rings is 1. The minimum Gasteiger partial charge on any atom is -0.482 e. The standard InChI is InChI=1S/C25H23ClN4O3S/c26-21-14-19(18-4-2-1-3-5-18)6-7-22(21)33-17-24(32)29-10-8-28(9-11-29)16-20-15-23(31)30-12-13-34-25(30)27-20/h1-7,12-15H,8-11,16-17H2. The number of aromatic nitrogens is 2. The summed E-state index contributed by atoms with van der Waals surface area (Å²) in [6.07, 6.45) is 1.73. The Labute approximate surface area is 205 Å². The summed E-state index contributed by atoms with van der Waals surface area (Å²) in [6.45, 7) is 3.16. The molecule has 1 amide bonds. The summed E-state index contributed by atoms with van der Waals surface area (Å²) in [6, 6.07) is 17.1. The normalized spacial score (nSPS) is 14.4. The highest BCUT2D eigenvalue weighted by Gasteiger charge is 2.22. The van der Waals surface area contributed by atoms with Gasteiger partial charge in [-0.1, -0.05) is 48.0 Å². The van der Waals surface area contributed by atoms with Crippen molar-refractivity contribution in [2.75, 3.05) is 32.8 Å².